The maximum absolute atomic E-state index is 4.40. The van der Waals surface area contributed by atoms with Crippen LogP contribution >= 0.6 is 11.8 Å². The first-order chi connectivity index (χ1) is 16.9. The van der Waals surface area contributed by atoms with Gasteiger partial charge in [0, 0.05) is 55.9 Å². The maximum atomic E-state index is 4.40. The number of likely N-dealkylation sites (N-methyl/N-ethyl adjacent to an activating group) is 1. The van der Waals surface area contributed by atoms with Crippen LogP contribution in [0.3, 0.4) is 0 Å². The fourth-order valence-electron chi connectivity index (χ4n) is 3.49. The van der Waals surface area contributed by atoms with Crippen LogP contribution in [0.5, 0.6) is 0 Å². The van der Waals surface area contributed by atoms with Gasteiger partial charge in [0.05, 0.1) is 0 Å². The highest BCUT2D eigenvalue weighted by Crippen LogP contribution is 2.32. The third-order valence-electron chi connectivity index (χ3n) is 5.43. The van der Waals surface area contributed by atoms with Crippen molar-refractivity contribution in [2.24, 2.45) is 0 Å². The molecular weight excluding hydrogens is 450 g/mol. The molecule has 0 radical (unpaired) electrons. The summed E-state index contributed by atoms with van der Waals surface area (Å²) in [4.78, 5) is 15.4. The van der Waals surface area contributed by atoms with E-state index in [-0.39, 0.29) is 0 Å². The summed E-state index contributed by atoms with van der Waals surface area (Å²) in [6, 6.07) is 12.4. The van der Waals surface area contributed by atoms with Gasteiger partial charge in [-0.2, -0.15) is 0 Å². The summed E-state index contributed by atoms with van der Waals surface area (Å²) < 4.78 is 0. The van der Waals surface area contributed by atoms with Crippen LogP contribution in [0, 0.1) is 0 Å². The summed E-state index contributed by atoms with van der Waals surface area (Å²) >= 11 is 1.61. The van der Waals surface area contributed by atoms with E-state index in [2.05, 4.69) is 76.1 Å². The highest BCUT2D eigenvalue weighted by molar-refractivity contribution is 8.11. The predicted molar refractivity (Wildman–Crippen MR) is 158 cm³/mol. The third-order valence-corrected chi connectivity index (χ3v) is 6.26. The van der Waals surface area contributed by atoms with Crippen LogP contribution in [-0.2, 0) is 0 Å². The Morgan fingerprint density at radius 2 is 1.71 bits per heavy atom. The predicted octanol–water partition coefficient (Wildman–Crippen LogP) is 7.02. The van der Waals surface area contributed by atoms with Crippen molar-refractivity contribution < 1.29 is 0 Å². The van der Waals surface area contributed by atoms with Crippen molar-refractivity contribution in [3.63, 3.8) is 0 Å². The number of piperazine rings is 1. The molecule has 0 unspecified atom stereocenters. The number of benzene rings is 1. The van der Waals surface area contributed by atoms with Crippen molar-refractivity contribution in [3.05, 3.63) is 84.6 Å². The van der Waals surface area contributed by atoms with Crippen LogP contribution in [0.2, 0.25) is 0 Å². The molecular formula is C29H39N5S. The number of nitrogens with zero attached hydrogens (tertiary/aromatic N) is 4. The molecule has 1 N–H and O–H groups in total. The molecule has 1 aliphatic heterocycles. The standard InChI is InChI=1S/C15H16N2S.C12H17N3.C2H6/c1-10(2)18-11(3)12-5-6-13-9-17-15(16-4)8-14(13)7-12;1-3-11-4-5-13-12(10-11)15-8-6-14(2)7-9-15;1-2/h5-9H,1,3H2,2,4H3,(H,16,17);3-5,10H,1,6-9H2,2H3;1-2H3. The monoisotopic (exact) mass is 489 g/mol. The van der Waals surface area contributed by atoms with Crippen LogP contribution in [0.15, 0.2) is 73.4 Å². The van der Waals surface area contributed by atoms with Crippen LogP contribution in [0.1, 0.15) is 31.9 Å². The Bertz CT molecular complexity index is 1130. The lowest BCUT2D eigenvalue weighted by atomic mass is 10.1. The molecule has 6 heteroatoms. The van der Waals surface area contributed by atoms with E-state index >= 15 is 0 Å². The van der Waals surface area contributed by atoms with Gasteiger partial charge >= 0.3 is 0 Å². The van der Waals surface area contributed by atoms with Gasteiger partial charge in [0.25, 0.3) is 0 Å². The quantitative estimate of drug-likeness (QED) is 0.401. The summed E-state index contributed by atoms with van der Waals surface area (Å²) in [5, 5.41) is 5.34. The molecule has 4 rings (SSSR count). The Morgan fingerprint density at radius 3 is 2.34 bits per heavy atom. The van der Waals surface area contributed by atoms with Gasteiger partial charge in [-0.05, 0) is 59.7 Å². The van der Waals surface area contributed by atoms with E-state index in [0.717, 1.165) is 69.5 Å². The molecule has 3 heterocycles. The van der Waals surface area contributed by atoms with Crippen molar-refractivity contribution in [3.8, 4) is 0 Å². The second kappa shape index (κ2) is 14.3. The number of pyridine rings is 2. The van der Waals surface area contributed by atoms with Crippen molar-refractivity contribution in [2.45, 2.75) is 20.8 Å². The summed E-state index contributed by atoms with van der Waals surface area (Å²) in [6.07, 6.45) is 5.59. The molecule has 0 bridgehead atoms. The van der Waals surface area contributed by atoms with Gasteiger partial charge in [0.2, 0.25) is 0 Å². The highest BCUT2D eigenvalue weighted by atomic mass is 32.2. The second-order valence-corrected chi connectivity index (χ2v) is 9.44. The third kappa shape index (κ3) is 8.57. The molecule has 35 heavy (non-hydrogen) atoms. The molecule has 0 saturated carbocycles. The lowest BCUT2D eigenvalue weighted by Gasteiger charge is -2.33. The van der Waals surface area contributed by atoms with Crippen molar-refractivity contribution in [2.75, 3.05) is 50.5 Å². The summed E-state index contributed by atoms with van der Waals surface area (Å²) in [5.41, 5.74) is 2.27. The van der Waals surface area contributed by atoms with Crippen LogP contribution in [0.4, 0.5) is 11.6 Å². The molecule has 186 valence electrons. The molecule has 0 aliphatic carbocycles. The number of rotatable bonds is 6. The normalized spacial score (nSPS) is 13.1. The minimum atomic E-state index is 0.873. The van der Waals surface area contributed by atoms with E-state index in [9.17, 15) is 0 Å². The number of hydrogen-bond donors (Lipinski definition) is 1. The Labute approximate surface area is 215 Å². The van der Waals surface area contributed by atoms with Gasteiger partial charge in [0.15, 0.2) is 0 Å². The lowest BCUT2D eigenvalue weighted by Crippen LogP contribution is -2.44. The maximum Gasteiger partial charge on any atom is 0.129 e. The molecule has 3 aromatic rings. The van der Waals surface area contributed by atoms with E-state index in [1.165, 1.54) is 0 Å². The van der Waals surface area contributed by atoms with E-state index in [4.69, 9.17) is 0 Å². The minimum absolute atomic E-state index is 0.873. The zero-order valence-electron chi connectivity index (χ0n) is 21.8. The molecule has 2 aromatic heterocycles. The van der Waals surface area contributed by atoms with Gasteiger partial charge in [-0.15, -0.1) is 0 Å². The fraction of sp³-hybridized carbons (Fsp3) is 0.310. The number of hydrogen-bond acceptors (Lipinski definition) is 6. The van der Waals surface area contributed by atoms with E-state index in [1.54, 1.807) is 11.8 Å². The first-order valence-electron chi connectivity index (χ1n) is 12.0. The molecule has 0 spiro atoms. The number of anilines is 2. The summed E-state index contributed by atoms with van der Waals surface area (Å²) in [5.74, 6) is 1.94. The summed E-state index contributed by atoms with van der Waals surface area (Å²) in [6.45, 7) is 22.1. The van der Waals surface area contributed by atoms with Gasteiger partial charge in [-0.3, -0.25) is 0 Å². The molecule has 1 saturated heterocycles. The Balaban J connectivity index is 0.000000234. The fourth-order valence-corrected chi connectivity index (χ4v) is 4.16. The SMILES string of the molecule is C=C(C)SC(=C)c1ccc2cnc(NC)cc2c1.C=Cc1ccnc(N2CCN(C)CC2)c1.CC. The average molecular weight is 490 g/mol. The zero-order valence-corrected chi connectivity index (χ0v) is 22.7. The van der Waals surface area contributed by atoms with Gasteiger partial charge < -0.3 is 15.1 Å². The molecule has 1 fully saturated rings. The minimum Gasteiger partial charge on any atom is -0.373 e. The van der Waals surface area contributed by atoms with Crippen molar-refractivity contribution in [1.29, 1.82) is 0 Å². The molecule has 1 aromatic carbocycles. The molecule has 5 nitrogen and oxygen atoms in total. The zero-order chi connectivity index (χ0) is 25.8. The van der Waals surface area contributed by atoms with Gasteiger partial charge in [0.1, 0.15) is 11.6 Å². The molecule has 1 aliphatic rings. The van der Waals surface area contributed by atoms with Gasteiger partial charge in [-0.1, -0.05) is 63.6 Å². The smallest absolute Gasteiger partial charge is 0.129 e. The van der Waals surface area contributed by atoms with E-state index in [0.29, 0.717) is 0 Å². The Morgan fingerprint density at radius 1 is 1.00 bits per heavy atom. The molecule has 0 amide bonds. The van der Waals surface area contributed by atoms with Crippen LogP contribution < -0.4 is 10.2 Å². The van der Waals surface area contributed by atoms with E-state index in [1.807, 2.05) is 58.4 Å². The number of nitrogens with one attached hydrogen (secondary N) is 1. The largest absolute Gasteiger partial charge is 0.373 e. The average Bonchev–Trinajstić information content (AvgIpc) is 2.89. The van der Waals surface area contributed by atoms with Crippen LogP contribution in [-0.4, -0.2) is 55.1 Å². The Hall–Kier alpha value is -3.09. The van der Waals surface area contributed by atoms with E-state index < -0.39 is 0 Å². The Kier molecular flexibility index (Phi) is 11.5. The number of fused-ring (bicyclic) bond motifs is 1. The topological polar surface area (TPSA) is 44.3 Å². The lowest BCUT2D eigenvalue weighted by molar-refractivity contribution is 0.312. The first kappa shape index (κ1) is 28.1. The highest BCUT2D eigenvalue weighted by Gasteiger charge is 2.14. The first-order valence-corrected chi connectivity index (χ1v) is 12.8. The van der Waals surface area contributed by atoms with Crippen molar-refractivity contribution in [1.82, 2.24) is 14.9 Å². The van der Waals surface area contributed by atoms with Gasteiger partial charge in [-0.25, -0.2) is 9.97 Å². The number of allylic oxidation sites excluding steroid dienone is 1. The summed E-state index contributed by atoms with van der Waals surface area (Å²) in [7, 11) is 4.03. The number of aromatic nitrogens is 2. The van der Waals surface area contributed by atoms with Crippen molar-refractivity contribution >= 4 is 45.2 Å². The van der Waals surface area contributed by atoms with Crippen LogP contribution in [0.25, 0.3) is 21.8 Å². The number of thioether (sulfide) groups is 1. The second-order valence-electron chi connectivity index (χ2n) is 8.05. The molecule has 0 atom stereocenters.